The Balaban J connectivity index is 1.33. The van der Waals surface area contributed by atoms with E-state index in [1.165, 1.54) is 7.11 Å². The topological polar surface area (TPSA) is 139 Å². The molecule has 4 saturated heterocycles. The summed E-state index contributed by atoms with van der Waals surface area (Å²) in [6, 6.07) is 0. The van der Waals surface area contributed by atoms with E-state index in [1.54, 1.807) is 7.11 Å². The first-order valence-corrected chi connectivity index (χ1v) is 21.5. The van der Waals surface area contributed by atoms with Gasteiger partial charge in [0.25, 0.3) is 0 Å². The van der Waals surface area contributed by atoms with Crippen molar-refractivity contribution in [3.05, 3.63) is 12.2 Å². The molecule has 0 bridgehead atoms. The normalized spacial score (nSPS) is 44.9. The summed E-state index contributed by atoms with van der Waals surface area (Å²) in [5, 5.41) is 22.9. The summed E-state index contributed by atoms with van der Waals surface area (Å²) in [5.74, 6) is -4.27. The third-order valence-electron chi connectivity index (χ3n) is 14.9. The molecule has 0 amide bonds. The number of ketones is 1. The van der Waals surface area contributed by atoms with Gasteiger partial charge in [0.05, 0.1) is 60.9 Å². The maximum Gasteiger partial charge on any atom is 0.311 e. The number of esters is 1. The maximum absolute atomic E-state index is 14.6. The highest BCUT2D eigenvalue weighted by molar-refractivity contribution is 5.84. The molecule has 5 rings (SSSR count). The van der Waals surface area contributed by atoms with Crippen molar-refractivity contribution in [2.45, 2.75) is 199 Å². The van der Waals surface area contributed by atoms with Crippen LogP contribution in [0.25, 0.3) is 0 Å². The first-order chi connectivity index (χ1) is 25.9. The van der Waals surface area contributed by atoms with Crippen LogP contribution in [-0.2, 0) is 42.7 Å². The van der Waals surface area contributed by atoms with Crippen LogP contribution in [0.3, 0.4) is 0 Å². The maximum atomic E-state index is 14.6. The lowest BCUT2D eigenvalue weighted by molar-refractivity contribution is -0.410. The summed E-state index contributed by atoms with van der Waals surface area (Å²) in [5.41, 5.74) is -1.52. The van der Waals surface area contributed by atoms with Crippen LogP contribution in [0.5, 0.6) is 0 Å². The minimum Gasteiger partial charge on any atom is -0.469 e. The summed E-state index contributed by atoms with van der Waals surface area (Å²) < 4.78 is 45.4. The van der Waals surface area contributed by atoms with E-state index in [-0.39, 0.29) is 65.8 Å². The summed E-state index contributed by atoms with van der Waals surface area (Å²) in [7, 11) is 3.07. The Kier molecular flexibility index (Phi) is 14.1. The quantitative estimate of drug-likeness (QED) is 0.149. The van der Waals surface area contributed by atoms with E-state index in [1.807, 2.05) is 53.7 Å². The van der Waals surface area contributed by atoms with E-state index in [0.29, 0.717) is 44.9 Å². The molecule has 0 saturated carbocycles. The lowest BCUT2D eigenvalue weighted by Gasteiger charge is -2.54. The zero-order chi connectivity index (χ0) is 40.7. The van der Waals surface area contributed by atoms with Crippen LogP contribution >= 0.6 is 0 Å². The number of ether oxygens (including phenoxy) is 7. The van der Waals surface area contributed by atoms with Gasteiger partial charge in [-0.25, -0.2) is 0 Å². The van der Waals surface area contributed by atoms with E-state index < -0.39 is 52.9 Å². The van der Waals surface area contributed by atoms with Gasteiger partial charge in [-0.2, -0.15) is 0 Å². The van der Waals surface area contributed by atoms with Crippen LogP contribution in [0.2, 0.25) is 0 Å². The molecule has 18 atom stereocenters. The molecular formula is C44H74O11. The minimum absolute atomic E-state index is 0.0334. The molecule has 4 fully saturated rings. The number of methoxy groups -OCH3 is 2. The van der Waals surface area contributed by atoms with Crippen molar-refractivity contribution in [2.24, 2.45) is 41.4 Å². The summed E-state index contributed by atoms with van der Waals surface area (Å²) in [4.78, 5) is 27.1. The highest BCUT2D eigenvalue weighted by atomic mass is 16.8. The highest BCUT2D eigenvalue weighted by Gasteiger charge is 2.63. The van der Waals surface area contributed by atoms with Crippen LogP contribution < -0.4 is 0 Å². The Bertz CT molecular complexity index is 1360. The third kappa shape index (κ3) is 8.39. The molecule has 11 heteroatoms. The molecule has 5 heterocycles. The third-order valence-corrected chi connectivity index (χ3v) is 14.9. The number of rotatable bonds is 13. The van der Waals surface area contributed by atoms with Gasteiger partial charge in [0.15, 0.2) is 5.79 Å². The van der Waals surface area contributed by atoms with Crippen molar-refractivity contribution in [3.8, 4) is 0 Å². The average Bonchev–Trinajstić information content (AvgIpc) is 3.51. The number of carbonyl (C=O) groups excluding carboxylic acids is 2. The molecule has 0 aromatic rings. The Labute approximate surface area is 330 Å². The fraction of sp³-hybridized carbons (Fsp3) is 0.909. The van der Waals surface area contributed by atoms with Gasteiger partial charge in [0.2, 0.25) is 5.79 Å². The Morgan fingerprint density at radius 3 is 2.18 bits per heavy atom. The van der Waals surface area contributed by atoms with Gasteiger partial charge >= 0.3 is 5.97 Å². The van der Waals surface area contributed by atoms with Crippen molar-refractivity contribution >= 4 is 11.8 Å². The highest BCUT2D eigenvalue weighted by Crippen LogP contribution is 2.54. The first-order valence-electron chi connectivity index (χ1n) is 21.5. The molecule has 0 aliphatic carbocycles. The van der Waals surface area contributed by atoms with Crippen LogP contribution in [0, 0.1) is 41.4 Å². The molecule has 2 spiro atoms. The van der Waals surface area contributed by atoms with Gasteiger partial charge in [-0.3, -0.25) is 9.59 Å². The van der Waals surface area contributed by atoms with E-state index in [9.17, 15) is 19.8 Å². The lowest BCUT2D eigenvalue weighted by Crippen LogP contribution is -2.63. The average molecular weight is 779 g/mol. The van der Waals surface area contributed by atoms with Gasteiger partial charge in [-0.1, -0.05) is 55.4 Å². The fourth-order valence-electron chi connectivity index (χ4n) is 10.9. The van der Waals surface area contributed by atoms with E-state index in [4.69, 9.17) is 33.2 Å². The molecule has 0 radical (unpaired) electrons. The SMILES string of the molecule is CC[C@@H](C(=O)[C@@H](C)[C@@H](O)[C@H](C)[C@@H]1O[C@@H]([C@@H](CC)C(=O)OC)CC[C@@H]1C)[C@H]1O[C@]2(C=C[C@@H](OC)[C@]3(CC[C@@](C)([C@H]4CC[C@](O)(CC)[C@H](C)O4)O3)O2)[C@H](C)C[C@@H]1C. The predicted molar refractivity (Wildman–Crippen MR) is 208 cm³/mol. The standard InChI is InChI=1S/C44H74O11/c1-13-31(40(47)50-12)33-17-16-25(4)38(52-33)29(8)36(45)28(7)37(46)32(14-2)39-26(5)24-27(6)43(53-39)21-19-35(49-11)44(55-43)23-22-41(10,54-44)34-18-20-42(48,15-3)30(9)51-34/h19,21,25-36,38-39,45,48H,13-18,20,22-24H2,1-12H3/t25-,26-,27+,28-,29-,30-,31+,32-,33+,34+,35+,36+,38+,39-,41-,42+,43-,44-/m0/s1. The number of carbonyl (C=O) groups is 2. The Morgan fingerprint density at radius 1 is 0.891 bits per heavy atom. The zero-order valence-electron chi connectivity index (χ0n) is 35.9. The van der Waals surface area contributed by atoms with Crippen LogP contribution in [-0.4, -0.2) is 102 Å². The number of aliphatic hydroxyl groups excluding tert-OH is 1. The summed E-state index contributed by atoms with van der Waals surface area (Å²) >= 11 is 0. The molecule has 0 unspecified atom stereocenters. The Morgan fingerprint density at radius 2 is 1.58 bits per heavy atom. The van der Waals surface area contributed by atoms with Crippen LogP contribution in [0.4, 0.5) is 0 Å². The zero-order valence-corrected chi connectivity index (χ0v) is 35.9. The number of hydrogen-bond donors (Lipinski definition) is 2. The molecule has 5 aliphatic heterocycles. The lowest BCUT2D eigenvalue weighted by atomic mass is 9.72. The first kappa shape index (κ1) is 44.7. The summed E-state index contributed by atoms with van der Waals surface area (Å²) in [6.07, 6.45) is 7.67. The number of hydrogen-bond acceptors (Lipinski definition) is 11. The van der Waals surface area contributed by atoms with Crippen molar-refractivity contribution in [1.29, 1.82) is 0 Å². The van der Waals surface area contributed by atoms with Gasteiger partial charge in [-0.15, -0.1) is 0 Å². The van der Waals surface area contributed by atoms with Crippen molar-refractivity contribution in [2.75, 3.05) is 14.2 Å². The molecule has 0 aromatic carbocycles. The number of Topliss-reactive ketones (excluding diaryl/α,β-unsaturated/α-hetero) is 1. The van der Waals surface area contributed by atoms with Gasteiger partial charge in [0.1, 0.15) is 11.9 Å². The second kappa shape index (κ2) is 17.4. The van der Waals surface area contributed by atoms with Crippen LogP contribution in [0.15, 0.2) is 12.2 Å². The smallest absolute Gasteiger partial charge is 0.311 e. The molecule has 55 heavy (non-hydrogen) atoms. The molecular weight excluding hydrogens is 704 g/mol. The van der Waals surface area contributed by atoms with E-state index in [0.717, 1.165) is 19.3 Å². The van der Waals surface area contributed by atoms with Gasteiger partial charge in [-0.05, 0) is 95.6 Å². The second-order valence-electron chi connectivity index (χ2n) is 18.3. The minimum atomic E-state index is -1.15. The predicted octanol–water partition coefficient (Wildman–Crippen LogP) is 6.93. The fourth-order valence-corrected chi connectivity index (χ4v) is 10.9. The summed E-state index contributed by atoms with van der Waals surface area (Å²) in [6.45, 7) is 20.1. The van der Waals surface area contributed by atoms with E-state index >= 15 is 0 Å². The monoisotopic (exact) mass is 779 g/mol. The molecule has 316 valence electrons. The van der Waals surface area contributed by atoms with Gasteiger partial charge < -0.3 is 43.4 Å². The van der Waals surface area contributed by atoms with Crippen molar-refractivity contribution in [1.82, 2.24) is 0 Å². The molecule has 0 aromatic heterocycles. The second-order valence-corrected chi connectivity index (χ2v) is 18.3. The van der Waals surface area contributed by atoms with Crippen molar-refractivity contribution < 1.29 is 53.0 Å². The molecule has 5 aliphatic rings. The largest absolute Gasteiger partial charge is 0.469 e. The van der Waals surface area contributed by atoms with Crippen LogP contribution in [0.1, 0.15) is 133 Å². The van der Waals surface area contributed by atoms with E-state index in [2.05, 4.69) is 27.7 Å². The molecule has 11 nitrogen and oxygen atoms in total. The Hall–Kier alpha value is -1.44. The van der Waals surface area contributed by atoms with Crippen molar-refractivity contribution in [3.63, 3.8) is 0 Å². The number of aliphatic hydroxyl groups is 2. The van der Waals surface area contributed by atoms with Gasteiger partial charge in [0, 0.05) is 37.2 Å². The molecule has 2 N–H and O–H groups in total.